The molecule has 2 aromatic rings. The summed E-state index contributed by atoms with van der Waals surface area (Å²) in [7, 11) is -3.67. The lowest BCUT2D eigenvalue weighted by Crippen LogP contribution is -2.26. The van der Waals surface area contributed by atoms with E-state index in [-0.39, 0.29) is 11.4 Å². The van der Waals surface area contributed by atoms with Gasteiger partial charge < -0.3 is 0 Å². The van der Waals surface area contributed by atoms with Crippen molar-refractivity contribution in [3.05, 3.63) is 59.4 Å². The zero-order valence-electron chi connectivity index (χ0n) is 10.9. The molecule has 0 heterocycles. The molecule has 1 N–H and O–H groups in total. The second-order valence-electron chi connectivity index (χ2n) is 4.16. The van der Waals surface area contributed by atoms with Crippen LogP contribution in [0.3, 0.4) is 0 Å². The van der Waals surface area contributed by atoms with Crippen molar-refractivity contribution in [2.45, 2.75) is 9.79 Å². The molecular weight excluding hydrogens is 333 g/mol. The van der Waals surface area contributed by atoms with Crippen molar-refractivity contribution in [3.63, 3.8) is 0 Å². The van der Waals surface area contributed by atoms with Crippen molar-refractivity contribution in [1.29, 1.82) is 0 Å². The lowest BCUT2D eigenvalue weighted by molar-refractivity contribution is 0.580. The molecule has 112 valence electrons. The SMILES string of the molecule is O=S(=O)(NCCSc1ccc(Cl)cc1)c1cccc(F)c1. The van der Waals surface area contributed by atoms with E-state index >= 15 is 0 Å². The van der Waals surface area contributed by atoms with E-state index in [1.54, 1.807) is 12.1 Å². The van der Waals surface area contributed by atoms with E-state index in [2.05, 4.69) is 4.72 Å². The molecule has 7 heteroatoms. The third-order valence-electron chi connectivity index (χ3n) is 2.58. The normalized spacial score (nSPS) is 11.5. The number of thioether (sulfide) groups is 1. The van der Waals surface area contributed by atoms with Crippen LogP contribution in [-0.2, 0) is 10.0 Å². The summed E-state index contributed by atoms with van der Waals surface area (Å²) in [6, 6.07) is 12.2. The highest BCUT2D eigenvalue weighted by Gasteiger charge is 2.13. The third kappa shape index (κ3) is 5.00. The molecule has 0 saturated heterocycles. The first-order valence-electron chi connectivity index (χ1n) is 6.11. The minimum absolute atomic E-state index is 0.0704. The molecule has 0 atom stereocenters. The summed E-state index contributed by atoms with van der Waals surface area (Å²) in [4.78, 5) is 0.934. The van der Waals surface area contributed by atoms with E-state index < -0.39 is 15.8 Å². The number of sulfonamides is 1. The van der Waals surface area contributed by atoms with Crippen LogP contribution in [0.1, 0.15) is 0 Å². The summed E-state index contributed by atoms with van der Waals surface area (Å²) in [6.45, 7) is 0.256. The van der Waals surface area contributed by atoms with Gasteiger partial charge in [-0.15, -0.1) is 11.8 Å². The molecule has 0 aliphatic heterocycles. The van der Waals surface area contributed by atoms with Crippen LogP contribution in [0.2, 0.25) is 5.02 Å². The number of halogens is 2. The molecule has 0 aliphatic rings. The lowest BCUT2D eigenvalue weighted by atomic mass is 10.4. The van der Waals surface area contributed by atoms with Gasteiger partial charge in [0.1, 0.15) is 5.82 Å². The second kappa shape index (κ2) is 7.26. The first-order valence-corrected chi connectivity index (χ1v) is 8.96. The average molecular weight is 346 g/mol. The van der Waals surface area contributed by atoms with Gasteiger partial charge in [-0.1, -0.05) is 17.7 Å². The minimum Gasteiger partial charge on any atom is -0.210 e. The molecule has 2 aromatic carbocycles. The predicted molar refractivity (Wildman–Crippen MR) is 83.8 cm³/mol. The Hall–Kier alpha value is -1.08. The fourth-order valence-electron chi connectivity index (χ4n) is 1.59. The van der Waals surface area contributed by atoms with Gasteiger partial charge in [-0.25, -0.2) is 17.5 Å². The molecule has 0 aromatic heterocycles. The van der Waals surface area contributed by atoms with Crippen LogP contribution >= 0.6 is 23.4 Å². The molecular formula is C14H13ClFNO2S2. The first-order chi connectivity index (χ1) is 9.97. The van der Waals surface area contributed by atoms with Crippen molar-refractivity contribution in [2.75, 3.05) is 12.3 Å². The van der Waals surface area contributed by atoms with Crippen LogP contribution in [-0.4, -0.2) is 20.7 Å². The van der Waals surface area contributed by atoms with Crippen LogP contribution in [0.15, 0.2) is 58.3 Å². The maximum Gasteiger partial charge on any atom is 0.240 e. The van der Waals surface area contributed by atoms with E-state index in [0.717, 1.165) is 11.0 Å². The first kappa shape index (κ1) is 16.3. The van der Waals surface area contributed by atoms with Crippen LogP contribution < -0.4 is 4.72 Å². The number of nitrogens with one attached hydrogen (secondary N) is 1. The van der Waals surface area contributed by atoms with Gasteiger partial charge in [0.25, 0.3) is 0 Å². The van der Waals surface area contributed by atoms with Gasteiger partial charge in [-0.2, -0.15) is 0 Å². The van der Waals surface area contributed by atoms with Gasteiger partial charge in [-0.3, -0.25) is 0 Å². The number of benzene rings is 2. The number of hydrogen-bond donors (Lipinski definition) is 1. The molecule has 0 amide bonds. The highest BCUT2D eigenvalue weighted by molar-refractivity contribution is 7.99. The summed E-state index contributed by atoms with van der Waals surface area (Å²) >= 11 is 7.29. The Kier molecular flexibility index (Phi) is 5.64. The monoisotopic (exact) mass is 345 g/mol. The Bertz CT molecular complexity index is 705. The quantitative estimate of drug-likeness (QED) is 0.643. The van der Waals surface area contributed by atoms with Crippen molar-refractivity contribution in [1.82, 2.24) is 4.72 Å². The molecule has 0 saturated carbocycles. The van der Waals surface area contributed by atoms with Crippen molar-refractivity contribution in [3.8, 4) is 0 Å². The van der Waals surface area contributed by atoms with Crippen molar-refractivity contribution < 1.29 is 12.8 Å². The smallest absolute Gasteiger partial charge is 0.210 e. The molecule has 0 spiro atoms. The van der Waals surface area contributed by atoms with Crippen molar-refractivity contribution >= 4 is 33.4 Å². The highest BCUT2D eigenvalue weighted by Crippen LogP contribution is 2.20. The maximum atomic E-state index is 13.0. The minimum atomic E-state index is -3.67. The summed E-state index contributed by atoms with van der Waals surface area (Å²) in [5.74, 6) is -0.00989. The topological polar surface area (TPSA) is 46.2 Å². The van der Waals surface area contributed by atoms with Crippen LogP contribution in [0.4, 0.5) is 4.39 Å². The Morgan fingerprint density at radius 3 is 2.52 bits per heavy atom. The number of rotatable bonds is 6. The average Bonchev–Trinajstić information content (AvgIpc) is 2.45. The predicted octanol–water partition coefficient (Wildman–Crippen LogP) is 3.55. The molecule has 2 rings (SSSR count). The van der Waals surface area contributed by atoms with Crippen LogP contribution in [0, 0.1) is 5.82 Å². The molecule has 0 aliphatic carbocycles. The van der Waals surface area contributed by atoms with Gasteiger partial charge in [0.15, 0.2) is 0 Å². The second-order valence-corrected chi connectivity index (χ2v) is 7.53. The van der Waals surface area contributed by atoms with Gasteiger partial charge >= 0.3 is 0 Å². The summed E-state index contributed by atoms with van der Waals surface area (Å²) in [6.07, 6.45) is 0. The standard InChI is InChI=1S/C14H13ClFNO2S2/c15-11-4-6-13(7-5-11)20-9-8-17-21(18,19)14-3-1-2-12(16)10-14/h1-7,10,17H,8-9H2. The van der Waals surface area contributed by atoms with Gasteiger partial charge in [-0.05, 0) is 42.5 Å². The van der Waals surface area contributed by atoms with E-state index in [0.29, 0.717) is 10.8 Å². The summed E-state index contributed by atoms with van der Waals surface area (Å²) in [5.41, 5.74) is 0. The van der Waals surface area contributed by atoms with Crippen LogP contribution in [0.5, 0.6) is 0 Å². The highest BCUT2D eigenvalue weighted by atomic mass is 35.5. The number of hydrogen-bond acceptors (Lipinski definition) is 3. The molecule has 0 fully saturated rings. The Morgan fingerprint density at radius 2 is 1.86 bits per heavy atom. The zero-order chi connectivity index (χ0) is 15.3. The van der Waals surface area contributed by atoms with Gasteiger partial charge in [0.2, 0.25) is 10.0 Å². The zero-order valence-corrected chi connectivity index (χ0v) is 13.3. The summed E-state index contributed by atoms with van der Waals surface area (Å²) in [5, 5.41) is 0.658. The Labute approximate surface area is 132 Å². The Balaban J connectivity index is 1.86. The molecule has 3 nitrogen and oxygen atoms in total. The van der Waals surface area contributed by atoms with E-state index in [1.165, 1.54) is 30.0 Å². The Morgan fingerprint density at radius 1 is 1.14 bits per heavy atom. The van der Waals surface area contributed by atoms with E-state index in [9.17, 15) is 12.8 Å². The molecule has 21 heavy (non-hydrogen) atoms. The van der Waals surface area contributed by atoms with Gasteiger partial charge in [0.05, 0.1) is 4.90 Å². The lowest BCUT2D eigenvalue weighted by Gasteiger charge is -2.07. The molecule has 0 unspecified atom stereocenters. The fraction of sp³-hybridized carbons (Fsp3) is 0.143. The van der Waals surface area contributed by atoms with E-state index in [1.807, 2.05) is 12.1 Å². The summed E-state index contributed by atoms with van der Waals surface area (Å²) < 4.78 is 39.3. The van der Waals surface area contributed by atoms with Crippen molar-refractivity contribution in [2.24, 2.45) is 0 Å². The maximum absolute atomic E-state index is 13.0. The van der Waals surface area contributed by atoms with Crippen LogP contribution in [0.25, 0.3) is 0 Å². The van der Waals surface area contributed by atoms with Gasteiger partial charge in [0, 0.05) is 22.2 Å². The third-order valence-corrected chi connectivity index (χ3v) is 5.31. The molecule has 0 bridgehead atoms. The largest absolute Gasteiger partial charge is 0.240 e. The van der Waals surface area contributed by atoms with E-state index in [4.69, 9.17) is 11.6 Å². The molecule has 0 radical (unpaired) electrons. The fourth-order valence-corrected chi connectivity index (χ4v) is 3.68.